The van der Waals surface area contributed by atoms with Crippen molar-refractivity contribution in [3.63, 3.8) is 0 Å². The molecule has 0 aliphatic rings. The van der Waals surface area contributed by atoms with E-state index in [9.17, 15) is 19.1 Å². The van der Waals surface area contributed by atoms with Crippen LogP contribution in [0.3, 0.4) is 0 Å². The number of furan rings is 1. The zero-order valence-electron chi connectivity index (χ0n) is 13.2. The lowest BCUT2D eigenvalue weighted by Crippen LogP contribution is -2.17. The number of rotatable bonds is 4. The maximum absolute atomic E-state index is 13.5. The Hall–Kier alpha value is -3.19. The number of primary amides is 1. The number of nitrogens with two attached hydrogens (primary N) is 1. The summed E-state index contributed by atoms with van der Waals surface area (Å²) in [5.74, 6) is -2.24. The van der Waals surface area contributed by atoms with Gasteiger partial charge in [0, 0.05) is 10.9 Å². The quantitative estimate of drug-likeness (QED) is 0.678. The Morgan fingerprint density at radius 2 is 2.00 bits per heavy atom. The van der Waals surface area contributed by atoms with Crippen molar-refractivity contribution >= 4 is 28.5 Å². The van der Waals surface area contributed by atoms with Crippen molar-refractivity contribution in [1.82, 2.24) is 0 Å². The molecule has 1 heterocycles. The van der Waals surface area contributed by atoms with Gasteiger partial charge in [-0.25, -0.2) is 4.39 Å². The molecule has 7 heteroatoms. The highest BCUT2D eigenvalue weighted by Crippen LogP contribution is 2.31. The van der Waals surface area contributed by atoms with Crippen molar-refractivity contribution in [1.29, 1.82) is 0 Å². The van der Waals surface area contributed by atoms with E-state index in [-0.39, 0.29) is 28.0 Å². The minimum absolute atomic E-state index is 0.00875. The van der Waals surface area contributed by atoms with Gasteiger partial charge in [-0.2, -0.15) is 0 Å². The molecule has 3 rings (SSSR count). The number of aliphatic hydroxyl groups excluding tert-OH is 1. The summed E-state index contributed by atoms with van der Waals surface area (Å²) >= 11 is 0. The first-order valence-corrected chi connectivity index (χ1v) is 7.48. The second-order valence-corrected chi connectivity index (χ2v) is 5.57. The normalized spacial score (nSPS) is 12.1. The molecule has 0 aliphatic heterocycles. The summed E-state index contributed by atoms with van der Waals surface area (Å²) in [6.07, 6.45) is -0.738. The van der Waals surface area contributed by atoms with Gasteiger partial charge in [-0.15, -0.1) is 0 Å². The van der Waals surface area contributed by atoms with Gasteiger partial charge in [0.25, 0.3) is 11.8 Å². The molecule has 0 spiro atoms. The molecule has 0 fully saturated rings. The Morgan fingerprint density at radius 3 is 2.68 bits per heavy atom. The van der Waals surface area contributed by atoms with Crippen molar-refractivity contribution in [2.45, 2.75) is 13.0 Å². The number of amides is 2. The van der Waals surface area contributed by atoms with Gasteiger partial charge in [0.2, 0.25) is 5.76 Å². The van der Waals surface area contributed by atoms with Gasteiger partial charge < -0.3 is 20.6 Å². The summed E-state index contributed by atoms with van der Waals surface area (Å²) in [6.45, 7) is 1.58. The highest BCUT2D eigenvalue weighted by molar-refractivity contribution is 6.14. The third kappa shape index (κ3) is 3.22. The third-order valence-electron chi connectivity index (χ3n) is 3.74. The average molecular weight is 342 g/mol. The van der Waals surface area contributed by atoms with E-state index in [1.165, 1.54) is 18.2 Å². The minimum atomic E-state index is -0.885. The summed E-state index contributed by atoms with van der Waals surface area (Å²) in [7, 11) is 0. The molecule has 0 aliphatic carbocycles. The van der Waals surface area contributed by atoms with Crippen LogP contribution in [0.1, 0.15) is 39.5 Å². The molecule has 2 aromatic carbocycles. The molecule has 0 saturated heterocycles. The standard InChI is InChI=1S/C18H15FN2O4/c1-9(22)10-3-2-4-11(7-10)18(24)21-15-13-8-12(19)5-6-14(13)25-16(15)17(20)23/h2-9,22H,1H3,(H2,20,23)(H,21,24). The van der Waals surface area contributed by atoms with Crippen LogP contribution in [0, 0.1) is 5.82 Å². The van der Waals surface area contributed by atoms with Crippen molar-refractivity contribution in [2.75, 3.05) is 5.32 Å². The third-order valence-corrected chi connectivity index (χ3v) is 3.74. The van der Waals surface area contributed by atoms with E-state index in [1.807, 2.05) is 0 Å². The molecule has 25 heavy (non-hydrogen) atoms. The number of benzene rings is 2. The monoisotopic (exact) mass is 342 g/mol. The number of halogens is 1. The van der Waals surface area contributed by atoms with Crippen LogP contribution < -0.4 is 11.1 Å². The Kier molecular flexibility index (Phi) is 4.24. The van der Waals surface area contributed by atoms with Crippen LogP contribution in [-0.2, 0) is 0 Å². The van der Waals surface area contributed by atoms with Crippen molar-refractivity contribution in [2.24, 2.45) is 5.73 Å². The zero-order valence-corrected chi connectivity index (χ0v) is 13.2. The predicted molar refractivity (Wildman–Crippen MR) is 89.7 cm³/mol. The molecule has 1 aromatic heterocycles. The van der Waals surface area contributed by atoms with Crippen LogP contribution in [0.4, 0.5) is 10.1 Å². The molecule has 3 aromatic rings. The maximum atomic E-state index is 13.5. The van der Waals surface area contributed by atoms with Crippen molar-refractivity contribution in [3.05, 3.63) is 65.2 Å². The average Bonchev–Trinajstić information content (AvgIpc) is 2.93. The van der Waals surface area contributed by atoms with Crippen molar-refractivity contribution < 1.29 is 23.5 Å². The minimum Gasteiger partial charge on any atom is -0.449 e. The lowest BCUT2D eigenvalue weighted by molar-refractivity contribution is 0.0977. The number of fused-ring (bicyclic) bond motifs is 1. The number of nitrogens with one attached hydrogen (secondary N) is 1. The lowest BCUT2D eigenvalue weighted by atomic mass is 10.1. The highest BCUT2D eigenvalue weighted by Gasteiger charge is 2.21. The Bertz CT molecular complexity index is 978. The number of carbonyl (C=O) groups excluding carboxylic acids is 2. The van der Waals surface area contributed by atoms with Crippen LogP contribution in [-0.4, -0.2) is 16.9 Å². The van der Waals surface area contributed by atoms with Crippen LogP contribution in [0.2, 0.25) is 0 Å². The zero-order chi connectivity index (χ0) is 18.1. The lowest BCUT2D eigenvalue weighted by Gasteiger charge is -2.08. The molecule has 1 unspecified atom stereocenters. The van der Waals surface area contributed by atoms with Gasteiger partial charge in [0.05, 0.1) is 6.10 Å². The van der Waals surface area contributed by atoms with Crippen LogP contribution >= 0.6 is 0 Å². The second-order valence-electron chi connectivity index (χ2n) is 5.57. The second kappa shape index (κ2) is 6.37. The Labute approximate surface area is 142 Å². The first-order chi connectivity index (χ1) is 11.9. The number of aliphatic hydroxyl groups is 1. The fourth-order valence-corrected chi connectivity index (χ4v) is 2.49. The number of carbonyl (C=O) groups is 2. The van der Waals surface area contributed by atoms with E-state index in [1.54, 1.807) is 25.1 Å². The predicted octanol–water partition coefficient (Wildman–Crippen LogP) is 2.98. The van der Waals surface area contributed by atoms with Crippen molar-refractivity contribution in [3.8, 4) is 0 Å². The fraction of sp³-hybridized carbons (Fsp3) is 0.111. The largest absolute Gasteiger partial charge is 0.449 e. The van der Waals surface area contributed by atoms with Gasteiger partial charge in [-0.05, 0) is 42.8 Å². The van der Waals surface area contributed by atoms with Crippen LogP contribution in [0.25, 0.3) is 11.0 Å². The molecular weight excluding hydrogens is 327 g/mol. The SMILES string of the molecule is CC(O)c1cccc(C(=O)Nc2c(C(N)=O)oc3ccc(F)cc23)c1. The topological polar surface area (TPSA) is 106 Å². The fourth-order valence-electron chi connectivity index (χ4n) is 2.49. The molecular formula is C18H15FN2O4. The molecule has 0 saturated carbocycles. The molecule has 1 atom stereocenters. The number of hydrogen-bond acceptors (Lipinski definition) is 4. The van der Waals surface area contributed by atoms with E-state index in [2.05, 4.69) is 5.32 Å². The van der Waals surface area contributed by atoms with Crippen LogP contribution in [0.5, 0.6) is 0 Å². The Morgan fingerprint density at radius 1 is 1.24 bits per heavy atom. The smallest absolute Gasteiger partial charge is 0.286 e. The van der Waals surface area contributed by atoms with Gasteiger partial charge in [0.15, 0.2) is 0 Å². The summed E-state index contributed by atoms with van der Waals surface area (Å²) < 4.78 is 18.8. The molecule has 128 valence electrons. The number of anilines is 1. The van der Waals surface area contributed by atoms with E-state index >= 15 is 0 Å². The summed E-state index contributed by atoms with van der Waals surface area (Å²) in [6, 6.07) is 10.0. The van der Waals surface area contributed by atoms with Gasteiger partial charge in [-0.3, -0.25) is 9.59 Å². The van der Waals surface area contributed by atoms with Gasteiger partial charge >= 0.3 is 0 Å². The molecule has 6 nitrogen and oxygen atoms in total. The first-order valence-electron chi connectivity index (χ1n) is 7.48. The molecule has 0 bridgehead atoms. The highest BCUT2D eigenvalue weighted by atomic mass is 19.1. The van der Waals surface area contributed by atoms with E-state index in [0.29, 0.717) is 5.56 Å². The van der Waals surface area contributed by atoms with Gasteiger partial charge in [-0.1, -0.05) is 12.1 Å². The first kappa shape index (κ1) is 16.7. The van der Waals surface area contributed by atoms with E-state index in [0.717, 1.165) is 6.07 Å². The van der Waals surface area contributed by atoms with Crippen LogP contribution in [0.15, 0.2) is 46.9 Å². The summed E-state index contributed by atoms with van der Waals surface area (Å²) in [4.78, 5) is 24.1. The molecule has 4 N–H and O–H groups in total. The Balaban J connectivity index is 2.03. The van der Waals surface area contributed by atoms with E-state index in [4.69, 9.17) is 10.2 Å². The summed E-state index contributed by atoms with van der Waals surface area (Å²) in [5.41, 5.74) is 6.34. The van der Waals surface area contributed by atoms with Gasteiger partial charge in [0.1, 0.15) is 17.1 Å². The molecule has 2 amide bonds. The number of hydrogen-bond donors (Lipinski definition) is 3. The summed E-state index contributed by atoms with van der Waals surface area (Å²) in [5, 5.41) is 12.4. The maximum Gasteiger partial charge on any atom is 0.286 e. The van der Waals surface area contributed by atoms with E-state index < -0.39 is 23.7 Å². The molecule has 0 radical (unpaired) electrons.